The summed E-state index contributed by atoms with van der Waals surface area (Å²) in [5.41, 5.74) is 0.825. The summed E-state index contributed by atoms with van der Waals surface area (Å²) in [5.74, 6) is -1.39. The Hall–Kier alpha value is -1.46. The maximum absolute atomic E-state index is 12.0. The number of carbonyl (C=O) groups excluding carboxylic acids is 1. The minimum absolute atomic E-state index is 0.0829. The van der Waals surface area contributed by atoms with Gasteiger partial charge in [-0.1, -0.05) is 37.3 Å². The standard InChI is InChI=1S/C15H19Cl2NO4/c1-10(13(16)17)8-12(14(19)20)18(2)15(21)22-9-11-6-4-3-5-7-11/h3-7,10,12-13H,8-9H2,1-2H3,(H,19,20)/t10-,12-/m0/s1. The van der Waals surface area contributed by atoms with Crippen LogP contribution in [0.1, 0.15) is 18.9 Å². The molecule has 5 nitrogen and oxygen atoms in total. The summed E-state index contributed by atoms with van der Waals surface area (Å²) in [6, 6.07) is 8.10. The second kappa shape index (κ2) is 8.86. The zero-order valence-corrected chi connectivity index (χ0v) is 13.9. The molecule has 0 fully saturated rings. The number of likely N-dealkylation sites (N-methyl/N-ethyl adjacent to an activating group) is 1. The van der Waals surface area contributed by atoms with Crippen LogP contribution >= 0.6 is 23.2 Å². The first-order valence-electron chi connectivity index (χ1n) is 6.77. The Morgan fingerprint density at radius 3 is 2.36 bits per heavy atom. The minimum Gasteiger partial charge on any atom is -0.480 e. The van der Waals surface area contributed by atoms with E-state index < -0.39 is 22.9 Å². The van der Waals surface area contributed by atoms with Gasteiger partial charge in [0.25, 0.3) is 0 Å². The maximum atomic E-state index is 12.0. The van der Waals surface area contributed by atoms with E-state index in [0.717, 1.165) is 10.5 Å². The van der Waals surface area contributed by atoms with Gasteiger partial charge in [0.15, 0.2) is 0 Å². The molecule has 1 aromatic rings. The van der Waals surface area contributed by atoms with Gasteiger partial charge in [0, 0.05) is 7.05 Å². The Morgan fingerprint density at radius 2 is 1.86 bits per heavy atom. The molecule has 7 heteroatoms. The van der Waals surface area contributed by atoms with E-state index in [4.69, 9.17) is 27.9 Å². The van der Waals surface area contributed by atoms with Crippen LogP contribution in [0.2, 0.25) is 0 Å². The van der Waals surface area contributed by atoms with Crippen LogP contribution in [0.4, 0.5) is 4.79 Å². The number of ether oxygens (including phenoxy) is 1. The van der Waals surface area contributed by atoms with Gasteiger partial charge in [-0.2, -0.15) is 0 Å². The molecule has 0 heterocycles. The highest BCUT2D eigenvalue weighted by Crippen LogP contribution is 2.22. The number of benzene rings is 1. The van der Waals surface area contributed by atoms with Gasteiger partial charge in [0.05, 0.1) is 0 Å². The second-order valence-corrected chi connectivity index (χ2v) is 6.22. The molecule has 122 valence electrons. The smallest absolute Gasteiger partial charge is 0.410 e. The van der Waals surface area contributed by atoms with E-state index in [2.05, 4.69) is 0 Å². The number of hydrogen-bond acceptors (Lipinski definition) is 3. The second-order valence-electron chi connectivity index (χ2n) is 5.05. The molecule has 22 heavy (non-hydrogen) atoms. The van der Waals surface area contributed by atoms with E-state index in [0.29, 0.717) is 0 Å². The zero-order valence-electron chi connectivity index (χ0n) is 12.4. The fourth-order valence-corrected chi connectivity index (χ4v) is 2.03. The van der Waals surface area contributed by atoms with Crippen molar-refractivity contribution in [3.05, 3.63) is 35.9 Å². The van der Waals surface area contributed by atoms with Crippen molar-refractivity contribution in [1.82, 2.24) is 4.90 Å². The van der Waals surface area contributed by atoms with Crippen molar-refractivity contribution in [2.45, 2.75) is 30.8 Å². The monoisotopic (exact) mass is 347 g/mol. The predicted molar refractivity (Wildman–Crippen MR) is 85.1 cm³/mol. The first kappa shape index (κ1) is 18.6. The molecule has 0 bridgehead atoms. The van der Waals surface area contributed by atoms with Crippen LogP contribution in [-0.4, -0.2) is 40.0 Å². The van der Waals surface area contributed by atoms with Gasteiger partial charge >= 0.3 is 12.1 Å². The number of amides is 1. The van der Waals surface area contributed by atoms with Gasteiger partial charge in [0.2, 0.25) is 0 Å². The fraction of sp³-hybridized carbons (Fsp3) is 0.467. The summed E-state index contributed by atoms with van der Waals surface area (Å²) in [4.78, 5) is 23.7. The third-order valence-corrected chi connectivity index (χ3v) is 4.13. The number of hydrogen-bond donors (Lipinski definition) is 1. The molecule has 0 spiro atoms. The molecule has 0 aliphatic rings. The van der Waals surface area contributed by atoms with Crippen LogP contribution in [0.15, 0.2) is 30.3 Å². The van der Waals surface area contributed by atoms with Crippen molar-refractivity contribution in [2.75, 3.05) is 7.05 Å². The van der Waals surface area contributed by atoms with Crippen LogP contribution < -0.4 is 0 Å². The van der Waals surface area contributed by atoms with Crippen LogP contribution in [-0.2, 0) is 16.1 Å². The lowest BCUT2D eigenvalue weighted by Gasteiger charge is -2.26. The highest BCUT2D eigenvalue weighted by atomic mass is 35.5. The largest absolute Gasteiger partial charge is 0.480 e. The van der Waals surface area contributed by atoms with E-state index >= 15 is 0 Å². The third-order valence-electron chi connectivity index (χ3n) is 3.27. The third kappa shape index (κ3) is 5.73. The van der Waals surface area contributed by atoms with Gasteiger partial charge in [-0.15, -0.1) is 23.2 Å². The lowest BCUT2D eigenvalue weighted by Crippen LogP contribution is -2.44. The predicted octanol–water partition coefficient (Wildman–Crippen LogP) is 3.54. The zero-order chi connectivity index (χ0) is 16.7. The molecule has 0 unspecified atom stereocenters. The molecule has 1 aromatic carbocycles. The average Bonchev–Trinajstić information content (AvgIpc) is 2.49. The molecule has 0 radical (unpaired) electrons. The lowest BCUT2D eigenvalue weighted by atomic mass is 10.0. The average molecular weight is 348 g/mol. The van der Waals surface area contributed by atoms with E-state index in [9.17, 15) is 14.7 Å². The first-order chi connectivity index (χ1) is 10.3. The Morgan fingerprint density at radius 1 is 1.27 bits per heavy atom. The summed E-state index contributed by atoms with van der Waals surface area (Å²) in [6.07, 6.45) is -0.562. The van der Waals surface area contributed by atoms with Crippen LogP contribution in [0.3, 0.4) is 0 Å². The van der Waals surface area contributed by atoms with E-state index in [1.165, 1.54) is 7.05 Å². The molecule has 2 atom stereocenters. The minimum atomic E-state index is -1.13. The molecular formula is C15H19Cl2NO4. The quantitative estimate of drug-likeness (QED) is 0.766. The van der Waals surface area contributed by atoms with E-state index in [-0.39, 0.29) is 18.9 Å². The Bertz CT molecular complexity index is 496. The summed E-state index contributed by atoms with van der Waals surface area (Å²) in [7, 11) is 1.39. The molecule has 0 saturated carbocycles. The van der Waals surface area contributed by atoms with Gasteiger partial charge in [-0.3, -0.25) is 4.90 Å². The van der Waals surface area contributed by atoms with Gasteiger partial charge in [-0.25, -0.2) is 9.59 Å². The summed E-state index contributed by atoms with van der Waals surface area (Å²) < 4.78 is 5.12. The van der Waals surface area contributed by atoms with Crippen LogP contribution in [0.5, 0.6) is 0 Å². The number of aliphatic carboxylic acids is 1. The first-order valence-corrected chi connectivity index (χ1v) is 7.64. The number of alkyl halides is 2. The molecule has 0 saturated heterocycles. The number of nitrogens with zero attached hydrogens (tertiary/aromatic N) is 1. The Balaban J connectivity index is 2.62. The highest BCUT2D eigenvalue weighted by molar-refractivity contribution is 6.44. The van der Waals surface area contributed by atoms with E-state index in [1.807, 2.05) is 30.3 Å². The van der Waals surface area contributed by atoms with Crippen LogP contribution in [0, 0.1) is 5.92 Å². The number of halogens is 2. The van der Waals surface area contributed by atoms with Crippen molar-refractivity contribution >= 4 is 35.3 Å². The number of carboxylic acid groups (broad SMARTS) is 1. The van der Waals surface area contributed by atoms with Crippen molar-refractivity contribution < 1.29 is 19.4 Å². The van der Waals surface area contributed by atoms with Crippen LogP contribution in [0.25, 0.3) is 0 Å². The topological polar surface area (TPSA) is 66.8 Å². The molecular weight excluding hydrogens is 329 g/mol. The van der Waals surface area contributed by atoms with Crippen molar-refractivity contribution in [2.24, 2.45) is 5.92 Å². The van der Waals surface area contributed by atoms with E-state index in [1.54, 1.807) is 6.92 Å². The molecule has 0 aliphatic carbocycles. The van der Waals surface area contributed by atoms with Gasteiger partial charge in [-0.05, 0) is 17.9 Å². The Kier molecular flexibility index (Phi) is 7.48. The van der Waals surface area contributed by atoms with Gasteiger partial charge in [0.1, 0.15) is 17.5 Å². The van der Waals surface area contributed by atoms with Gasteiger partial charge < -0.3 is 9.84 Å². The summed E-state index contributed by atoms with van der Waals surface area (Å²) in [6.45, 7) is 1.81. The number of carboxylic acids is 1. The molecule has 1 amide bonds. The SMILES string of the molecule is C[C@@H](C[C@@H](C(=O)O)N(C)C(=O)OCc1ccccc1)C(Cl)Cl. The normalized spacial score (nSPS) is 13.5. The highest BCUT2D eigenvalue weighted by Gasteiger charge is 2.30. The molecule has 1 N–H and O–H groups in total. The van der Waals surface area contributed by atoms with Crippen molar-refractivity contribution in [3.8, 4) is 0 Å². The summed E-state index contributed by atoms with van der Waals surface area (Å²) >= 11 is 11.5. The lowest BCUT2D eigenvalue weighted by molar-refractivity contribution is -0.142. The molecule has 0 aliphatic heterocycles. The maximum Gasteiger partial charge on any atom is 0.410 e. The van der Waals surface area contributed by atoms with Crippen molar-refractivity contribution in [1.29, 1.82) is 0 Å². The number of carbonyl (C=O) groups is 2. The summed E-state index contributed by atoms with van der Waals surface area (Å²) in [5, 5.41) is 9.27. The molecule has 0 aromatic heterocycles. The van der Waals surface area contributed by atoms with Crippen molar-refractivity contribution in [3.63, 3.8) is 0 Å². The fourth-order valence-electron chi connectivity index (χ4n) is 1.83. The number of rotatable bonds is 7. The molecule has 1 rings (SSSR count). The Labute approximate surface area is 139 Å².